The van der Waals surface area contributed by atoms with E-state index in [2.05, 4.69) is 20.3 Å². The zero-order valence-electron chi connectivity index (χ0n) is 15.4. The Kier molecular flexibility index (Phi) is 4.98. The monoisotopic (exact) mass is 410 g/mol. The van der Waals surface area contributed by atoms with Crippen LogP contribution >= 0.6 is 11.8 Å². The first-order chi connectivity index (χ1) is 13.5. The van der Waals surface area contributed by atoms with Gasteiger partial charge in [-0.25, -0.2) is 4.39 Å². The number of methoxy groups -OCH3 is 2. The number of rotatable bonds is 4. The number of halogens is 2. The van der Waals surface area contributed by atoms with Crippen LogP contribution in [0.2, 0.25) is 0 Å². The number of thioether (sulfide) groups is 1. The van der Waals surface area contributed by atoms with E-state index in [0.717, 1.165) is 5.75 Å². The van der Waals surface area contributed by atoms with Crippen LogP contribution in [0.15, 0.2) is 18.3 Å². The molecule has 0 bridgehead atoms. The third-order valence-electron chi connectivity index (χ3n) is 5.09. The minimum absolute atomic E-state index is 0.112. The standard InChI is InChI=1S/C17H20F2N6O2S/c1-26-13-12(19)14(27-2)23-16(22-13)25-6-9-7-28-15(20)24-17(9,8-25)11-4-3-10(18)5-21-11/h3-5,9,15,24H,6-8,20H2,1-2H3/t9-,15?,17-/m0/s1. The van der Waals surface area contributed by atoms with E-state index in [9.17, 15) is 8.78 Å². The molecule has 8 nitrogen and oxygen atoms in total. The molecule has 3 atom stereocenters. The van der Waals surface area contributed by atoms with Gasteiger partial charge in [0.2, 0.25) is 11.8 Å². The molecular weight excluding hydrogens is 390 g/mol. The Morgan fingerprint density at radius 3 is 2.57 bits per heavy atom. The Labute approximate surface area is 164 Å². The Hall–Kier alpha value is -2.24. The van der Waals surface area contributed by atoms with Crippen LogP contribution in [0.4, 0.5) is 14.7 Å². The van der Waals surface area contributed by atoms with Crippen molar-refractivity contribution >= 4 is 17.7 Å². The Morgan fingerprint density at radius 2 is 1.96 bits per heavy atom. The van der Waals surface area contributed by atoms with Gasteiger partial charge in [0.25, 0.3) is 11.8 Å². The smallest absolute Gasteiger partial charge is 0.259 e. The zero-order valence-corrected chi connectivity index (χ0v) is 16.2. The molecule has 3 N–H and O–H groups in total. The maximum atomic E-state index is 14.2. The SMILES string of the molecule is COc1nc(N2C[C@H]3CSC(N)N[C@@]3(c3ccc(F)cn3)C2)nc(OC)c1F. The number of nitrogens with one attached hydrogen (secondary N) is 1. The highest BCUT2D eigenvalue weighted by molar-refractivity contribution is 7.99. The normalized spacial score (nSPS) is 26.8. The van der Waals surface area contributed by atoms with Crippen LogP contribution in [-0.4, -0.2) is 53.5 Å². The summed E-state index contributed by atoms with van der Waals surface area (Å²) in [5.74, 6) is -0.367. The quantitative estimate of drug-likeness (QED) is 0.767. The summed E-state index contributed by atoms with van der Waals surface area (Å²) in [6.45, 7) is 1.02. The number of aromatic nitrogens is 3. The molecule has 28 heavy (non-hydrogen) atoms. The molecule has 2 aliphatic rings. The second-order valence-electron chi connectivity index (χ2n) is 6.66. The van der Waals surface area contributed by atoms with Gasteiger partial charge in [-0.2, -0.15) is 14.4 Å². The van der Waals surface area contributed by atoms with E-state index in [0.29, 0.717) is 18.8 Å². The number of hydrogen-bond donors (Lipinski definition) is 2. The molecule has 150 valence electrons. The Bertz CT molecular complexity index is 848. The lowest BCUT2D eigenvalue weighted by Crippen LogP contribution is -2.59. The van der Waals surface area contributed by atoms with Crippen LogP contribution in [0.3, 0.4) is 0 Å². The summed E-state index contributed by atoms with van der Waals surface area (Å²) in [6.07, 6.45) is 1.19. The number of nitrogens with two attached hydrogens (primary N) is 1. The fourth-order valence-electron chi connectivity index (χ4n) is 3.75. The van der Waals surface area contributed by atoms with Crippen molar-refractivity contribution in [2.45, 2.75) is 11.0 Å². The molecule has 2 fully saturated rings. The second-order valence-corrected chi connectivity index (χ2v) is 7.84. The molecule has 0 aliphatic carbocycles. The van der Waals surface area contributed by atoms with E-state index < -0.39 is 17.2 Å². The van der Waals surface area contributed by atoms with Gasteiger partial charge in [-0.1, -0.05) is 0 Å². The van der Waals surface area contributed by atoms with Gasteiger partial charge in [-0.15, -0.1) is 11.8 Å². The topological polar surface area (TPSA) is 98.4 Å². The van der Waals surface area contributed by atoms with Gasteiger partial charge in [0.1, 0.15) is 11.3 Å². The number of pyridine rings is 1. The minimum Gasteiger partial charge on any atom is -0.479 e. The van der Waals surface area contributed by atoms with Crippen molar-refractivity contribution in [2.75, 3.05) is 38.0 Å². The summed E-state index contributed by atoms with van der Waals surface area (Å²) in [5.41, 5.74) is 5.95. The van der Waals surface area contributed by atoms with Gasteiger partial charge in [0, 0.05) is 24.8 Å². The van der Waals surface area contributed by atoms with Crippen LogP contribution in [0.5, 0.6) is 11.8 Å². The van der Waals surface area contributed by atoms with Crippen molar-refractivity contribution in [3.63, 3.8) is 0 Å². The lowest BCUT2D eigenvalue weighted by Gasteiger charge is -2.41. The highest BCUT2D eigenvalue weighted by Crippen LogP contribution is 2.43. The molecule has 0 amide bonds. The van der Waals surface area contributed by atoms with Gasteiger partial charge < -0.3 is 20.1 Å². The van der Waals surface area contributed by atoms with E-state index in [1.54, 1.807) is 17.8 Å². The van der Waals surface area contributed by atoms with Crippen LogP contribution in [0.1, 0.15) is 5.69 Å². The van der Waals surface area contributed by atoms with E-state index in [4.69, 9.17) is 15.2 Å². The average molecular weight is 410 g/mol. The van der Waals surface area contributed by atoms with Crippen molar-refractivity contribution in [3.8, 4) is 11.8 Å². The summed E-state index contributed by atoms with van der Waals surface area (Å²) < 4.78 is 37.6. The highest BCUT2D eigenvalue weighted by atomic mass is 32.2. The van der Waals surface area contributed by atoms with E-state index in [1.807, 2.05) is 4.90 Å². The van der Waals surface area contributed by atoms with Gasteiger partial charge in [0.15, 0.2) is 0 Å². The van der Waals surface area contributed by atoms with Gasteiger partial charge in [-0.3, -0.25) is 10.3 Å². The molecule has 0 radical (unpaired) electrons. The summed E-state index contributed by atoms with van der Waals surface area (Å²) >= 11 is 1.59. The number of fused-ring (bicyclic) bond motifs is 1. The number of nitrogens with zero attached hydrogens (tertiary/aromatic N) is 4. The predicted molar refractivity (Wildman–Crippen MR) is 100 cm³/mol. The van der Waals surface area contributed by atoms with E-state index in [1.165, 1.54) is 26.5 Å². The van der Waals surface area contributed by atoms with Crippen LogP contribution in [0, 0.1) is 17.6 Å². The van der Waals surface area contributed by atoms with Gasteiger partial charge in [-0.05, 0) is 12.1 Å². The molecule has 1 unspecified atom stereocenters. The third-order valence-corrected chi connectivity index (χ3v) is 6.16. The molecule has 2 aromatic heterocycles. The lowest BCUT2D eigenvalue weighted by atomic mass is 9.84. The van der Waals surface area contributed by atoms with E-state index >= 15 is 0 Å². The summed E-state index contributed by atoms with van der Waals surface area (Å²) in [4.78, 5) is 14.6. The number of ether oxygens (including phenoxy) is 2. The lowest BCUT2D eigenvalue weighted by molar-refractivity contribution is 0.266. The molecule has 2 saturated heterocycles. The molecule has 0 spiro atoms. The molecule has 2 aromatic rings. The van der Waals surface area contributed by atoms with Crippen molar-refractivity contribution < 1.29 is 18.3 Å². The fourth-order valence-corrected chi connectivity index (χ4v) is 4.88. The highest BCUT2D eigenvalue weighted by Gasteiger charge is 2.52. The number of hydrogen-bond acceptors (Lipinski definition) is 9. The molecular formula is C17H20F2N6O2S. The first-order valence-electron chi connectivity index (χ1n) is 8.64. The van der Waals surface area contributed by atoms with Crippen LogP contribution in [-0.2, 0) is 5.54 Å². The Morgan fingerprint density at radius 1 is 1.25 bits per heavy atom. The van der Waals surface area contributed by atoms with Gasteiger partial charge in [0.05, 0.1) is 31.6 Å². The van der Waals surface area contributed by atoms with Crippen molar-refractivity contribution in [2.24, 2.45) is 11.7 Å². The van der Waals surface area contributed by atoms with Gasteiger partial charge >= 0.3 is 0 Å². The zero-order chi connectivity index (χ0) is 19.9. The minimum atomic E-state index is -0.754. The van der Waals surface area contributed by atoms with Crippen LogP contribution in [0.25, 0.3) is 0 Å². The average Bonchev–Trinajstić information content (AvgIpc) is 3.08. The molecule has 0 saturated carbocycles. The first kappa shape index (κ1) is 19.1. The van der Waals surface area contributed by atoms with Crippen molar-refractivity contribution in [1.82, 2.24) is 20.3 Å². The molecule has 2 aliphatic heterocycles. The maximum absolute atomic E-state index is 14.2. The summed E-state index contributed by atoms with van der Waals surface area (Å²) in [5, 5.41) is 3.42. The van der Waals surface area contributed by atoms with Crippen LogP contribution < -0.4 is 25.4 Å². The fraction of sp³-hybridized carbons (Fsp3) is 0.471. The molecule has 11 heteroatoms. The van der Waals surface area contributed by atoms with Crippen molar-refractivity contribution in [3.05, 3.63) is 35.7 Å². The molecule has 4 heterocycles. The molecule has 0 aromatic carbocycles. The maximum Gasteiger partial charge on any atom is 0.259 e. The largest absolute Gasteiger partial charge is 0.479 e. The summed E-state index contributed by atoms with van der Waals surface area (Å²) in [7, 11) is 2.67. The third kappa shape index (κ3) is 3.12. The molecule has 4 rings (SSSR count). The van der Waals surface area contributed by atoms with E-state index in [-0.39, 0.29) is 29.1 Å². The number of anilines is 1. The predicted octanol–water partition coefficient (Wildman–Crippen LogP) is 1.08. The van der Waals surface area contributed by atoms with Crippen molar-refractivity contribution in [1.29, 1.82) is 0 Å². The second kappa shape index (κ2) is 7.30. The summed E-state index contributed by atoms with van der Waals surface area (Å²) in [6, 6.07) is 3.04. The Balaban J connectivity index is 1.74. The first-order valence-corrected chi connectivity index (χ1v) is 9.69.